The standard InChI is InChI=1S/C15H17NO4S2/c1-2-5-16-12(17)11(13-21-7-8-22-13)15(19,14(16)18)9-10-4-3-6-20-10/h3-4,6,19H,2,5,7-9H2,1H3. The van der Waals surface area contributed by atoms with E-state index in [9.17, 15) is 14.7 Å². The highest BCUT2D eigenvalue weighted by Crippen LogP contribution is 2.46. The van der Waals surface area contributed by atoms with Crippen molar-refractivity contribution in [3.8, 4) is 0 Å². The molecule has 118 valence electrons. The Hall–Kier alpha value is -1.18. The van der Waals surface area contributed by atoms with Crippen molar-refractivity contribution in [2.24, 2.45) is 0 Å². The molecule has 2 amide bonds. The Bertz CT molecular complexity index is 617. The monoisotopic (exact) mass is 339 g/mol. The van der Waals surface area contributed by atoms with E-state index < -0.39 is 11.5 Å². The van der Waals surface area contributed by atoms with Crippen molar-refractivity contribution in [1.29, 1.82) is 0 Å². The maximum Gasteiger partial charge on any atom is 0.266 e. The quantitative estimate of drug-likeness (QED) is 0.668. The molecule has 2 saturated heterocycles. The first kappa shape index (κ1) is 15.7. The summed E-state index contributed by atoms with van der Waals surface area (Å²) in [5.41, 5.74) is -1.58. The summed E-state index contributed by atoms with van der Waals surface area (Å²) in [6.45, 7) is 2.22. The summed E-state index contributed by atoms with van der Waals surface area (Å²) in [6.07, 6.45) is 2.15. The Balaban J connectivity index is 2.05. The van der Waals surface area contributed by atoms with Gasteiger partial charge in [0.25, 0.3) is 11.8 Å². The van der Waals surface area contributed by atoms with Gasteiger partial charge in [-0.15, -0.1) is 23.5 Å². The third-order valence-electron chi connectivity index (χ3n) is 3.68. The van der Waals surface area contributed by atoms with Gasteiger partial charge in [-0.1, -0.05) is 6.92 Å². The van der Waals surface area contributed by atoms with Crippen LogP contribution in [-0.4, -0.2) is 45.5 Å². The third-order valence-corrected chi connectivity index (χ3v) is 6.40. The third kappa shape index (κ3) is 2.51. The highest BCUT2D eigenvalue weighted by atomic mass is 32.2. The lowest BCUT2D eigenvalue weighted by molar-refractivity contribution is -0.145. The number of imide groups is 1. The molecule has 1 atom stereocenters. The highest BCUT2D eigenvalue weighted by Gasteiger charge is 2.56. The number of hydrogen-bond acceptors (Lipinski definition) is 6. The van der Waals surface area contributed by atoms with Gasteiger partial charge in [0.15, 0.2) is 5.60 Å². The predicted molar refractivity (Wildman–Crippen MR) is 86.3 cm³/mol. The Morgan fingerprint density at radius 2 is 2.09 bits per heavy atom. The van der Waals surface area contributed by atoms with E-state index in [-0.39, 0.29) is 17.9 Å². The largest absolute Gasteiger partial charge is 0.469 e. The van der Waals surface area contributed by atoms with Gasteiger partial charge in [-0.3, -0.25) is 14.5 Å². The molecule has 2 fully saturated rings. The summed E-state index contributed by atoms with van der Waals surface area (Å²) < 4.78 is 6.04. The first-order valence-electron chi connectivity index (χ1n) is 7.19. The first-order chi connectivity index (χ1) is 10.6. The Morgan fingerprint density at radius 1 is 1.36 bits per heavy atom. The molecule has 0 saturated carbocycles. The fourth-order valence-electron chi connectivity index (χ4n) is 2.70. The molecule has 0 aliphatic carbocycles. The molecule has 1 aromatic rings. The lowest BCUT2D eigenvalue weighted by atomic mass is 9.92. The molecule has 7 heteroatoms. The van der Waals surface area contributed by atoms with Crippen LogP contribution in [0.15, 0.2) is 32.6 Å². The fraction of sp³-hybridized carbons (Fsp3) is 0.467. The van der Waals surface area contributed by atoms with Crippen molar-refractivity contribution in [3.05, 3.63) is 34.0 Å². The molecule has 0 aromatic carbocycles. The van der Waals surface area contributed by atoms with Gasteiger partial charge in [-0.25, -0.2) is 0 Å². The van der Waals surface area contributed by atoms with Gasteiger partial charge in [-0.05, 0) is 18.6 Å². The van der Waals surface area contributed by atoms with Gasteiger partial charge in [-0.2, -0.15) is 0 Å². The van der Waals surface area contributed by atoms with Crippen LogP contribution in [-0.2, 0) is 16.0 Å². The van der Waals surface area contributed by atoms with Gasteiger partial charge in [0.2, 0.25) is 0 Å². The number of carbonyl (C=O) groups excluding carboxylic acids is 2. The number of amides is 2. The number of rotatable bonds is 4. The maximum atomic E-state index is 12.7. The summed E-state index contributed by atoms with van der Waals surface area (Å²) in [5, 5.41) is 11.1. The van der Waals surface area contributed by atoms with Crippen molar-refractivity contribution >= 4 is 35.3 Å². The molecule has 3 heterocycles. The number of carbonyl (C=O) groups is 2. The minimum absolute atomic E-state index is 0.00919. The van der Waals surface area contributed by atoms with E-state index in [1.54, 1.807) is 12.1 Å². The first-order valence-corrected chi connectivity index (χ1v) is 9.16. The van der Waals surface area contributed by atoms with Crippen molar-refractivity contribution < 1.29 is 19.1 Å². The van der Waals surface area contributed by atoms with Gasteiger partial charge < -0.3 is 9.52 Å². The van der Waals surface area contributed by atoms with E-state index in [0.717, 1.165) is 15.7 Å². The van der Waals surface area contributed by atoms with E-state index in [0.29, 0.717) is 18.7 Å². The number of thioether (sulfide) groups is 2. The smallest absolute Gasteiger partial charge is 0.266 e. The average molecular weight is 339 g/mol. The van der Waals surface area contributed by atoms with E-state index >= 15 is 0 Å². The van der Waals surface area contributed by atoms with Crippen molar-refractivity contribution in [2.45, 2.75) is 25.4 Å². The maximum absolute atomic E-state index is 12.7. The van der Waals surface area contributed by atoms with Gasteiger partial charge in [0, 0.05) is 24.5 Å². The average Bonchev–Trinajstić information content (AvgIpc) is 3.20. The summed E-state index contributed by atoms with van der Waals surface area (Å²) in [4.78, 5) is 26.5. The van der Waals surface area contributed by atoms with Crippen molar-refractivity contribution in [3.63, 3.8) is 0 Å². The summed E-state index contributed by atoms with van der Waals surface area (Å²) in [5.74, 6) is 1.36. The zero-order chi connectivity index (χ0) is 15.7. The van der Waals surface area contributed by atoms with Gasteiger partial charge >= 0.3 is 0 Å². The molecule has 22 heavy (non-hydrogen) atoms. The Morgan fingerprint density at radius 3 is 2.68 bits per heavy atom. The van der Waals surface area contributed by atoms with Crippen molar-refractivity contribution in [1.82, 2.24) is 4.90 Å². The molecule has 3 rings (SSSR count). The van der Waals surface area contributed by atoms with Crippen LogP contribution in [0.4, 0.5) is 0 Å². The minimum Gasteiger partial charge on any atom is -0.469 e. The van der Waals surface area contributed by atoms with Crippen LogP contribution in [0.2, 0.25) is 0 Å². The van der Waals surface area contributed by atoms with Gasteiger partial charge in [0.1, 0.15) is 5.76 Å². The number of furan rings is 1. The SMILES string of the molecule is CCCN1C(=O)C(=C2SCCS2)C(O)(Cc2ccco2)C1=O. The molecule has 0 spiro atoms. The topological polar surface area (TPSA) is 70.8 Å². The highest BCUT2D eigenvalue weighted by molar-refractivity contribution is 8.25. The van der Waals surface area contributed by atoms with Crippen LogP contribution in [0.5, 0.6) is 0 Å². The molecule has 0 radical (unpaired) electrons. The molecular weight excluding hydrogens is 322 g/mol. The second kappa shape index (κ2) is 6.14. The van der Waals surface area contributed by atoms with Crippen LogP contribution >= 0.6 is 23.5 Å². The number of aliphatic hydroxyl groups is 1. The predicted octanol–water partition coefficient (Wildman–Crippen LogP) is 2.02. The molecule has 1 N–H and O–H groups in total. The van der Waals surface area contributed by atoms with Crippen LogP contribution in [0.25, 0.3) is 0 Å². The molecule has 2 aliphatic rings. The van der Waals surface area contributed by atoms with Crippen molar-refractivity contribution in [2.75, 3.05) is 18.1 Å². The van der Waals surface area contributed by atoms with Crippen LogP contribution in [0, 0.1) is 0 Å². The zero-order valence-corrected chi connectivity index (χ0v) is 13.8. The summed E-state index contributed by atoms with van der Waals surface area (Å²) >= 11 is 3.07. The molecule has 5 nitrogen and oxygen atoms in total. The molecule has 2 aliphatic heterocycles. The minimum atomic E-state index is -1.82. The van der Waals surface area contributed by atoms with E-state index in [4.69, 9.17) is 4.42 Å². The molecule has 0 bridgehead atoms. The summed E-state index contributed by atoms with van der Waals surface area (Å²) in [6, 6.07) is 3.41. The van der Waals surface area contributed by atoms with Crippen LogP contribution in [0.3, 0.4) is 0 Å². The lowest BCUT2D eigenvalue weighted by Crippen LogP contribution is -2.43. The van der Waals surface area contributed by atoms with Crippen LogP contribution < -0.4 is 0 Å². The van der Waals surface area contributed by atoms with Gasteiger partial charge in [0.05, 0.1) is 16.1 Å². The number of nitrogens with zero attached hydrogens (tertiary/aromatic N) is 1. The second-order valence-corrected chi connectivity index (χ2v) is 7.71. The van der Waals surface area contributed by atoms with E-state index in [2.05, 4.69) is 0 Å². The number of likely N-dealkylation sites (tertiary alicyclic amines) is 1. The Labute approximate surface area is 137 Å². The normalized spacial score (nSPS) is 25.6. The molecule has 1 aromatic heterocycles. The molecule has 1 unspecified atom stereocenters. The Kier molecular flexibility index (Phi) is 4.38. The molecular formula is C15H17NO4S2. The van der Waals surface area contributed by atoms with E-state index in [1.165, 1.54) is 34.7 Å². The van der Waals surface area contributed by atoms with E-state index in [1.807, 2.05) is 6.92 Å². The second-order valence-electron chi connectivity index (χ2n) is 5.24. The van der Waals surface area contributed by atoms with Crippen LogP contribution in [0.1, 0.15) is 19.1 Å². The zero-order valence-electron chi connectivity index (χ0n) is 12.2. The fourth-order valence-corrected chi connectivity index (χ4v) is 5.37. The summed E-state index contributed by atoms with van der Waals surface area (Å²) in [7, 11) is 0. The lowest BCUT2D eigenvalue weighted by Gasteiger charge is -2.21. The number of hydrogen-bond donors (Lipinski definition) is 1.